The molecule has 0 aliphatic rings. The maximum atomic E-state index is 11.9. The minimum absolute atomic E-state index is 0.0556. The van der Waals surface area contributed by atoms with Crippen molar-refractivity contribution in [3.63, 3.8) is 0 Å². The molecule has 6 heteroatoms. The number of hydrogen-bond acceptors (Lipinski definition) is 3. The molecule has 1 amide bonds. The molecule has 0 aromatic heterocycles. The third-order valence-electron chi connectivity index (χ3n) is 2.93. The van der Waals surface area contributed by atoms with Gasteiger partial charge in [-0.2, -0.15) is 0 Å². The standard InChI is InChI=1S/C16H13ClN2O3/c1-11-6-8-14(13(17)10-11)18-16(20)9-7-12-4-2-3-5-15(12)19(21)22/h2-10H,1H3,(H,18,20)/b9-7+. The first-order valence-electron chi connectivity index (χ1n) is 6.46. The first-order chi connectivity index (χ1) is 10.5. The van der Waals surface area contributed by atoms with E-state index >= 15 is 0 Å². The average molecular weight is 317 g/mol. The fourth-order valence-corrected chi connectivity index (χ4v) is 2.14. The van der Waals surface area contributed by atoms with E-state index in [9.17, 15) is 14.9 Å². The largest absolute Gasteiger partial charge is 0.321 e. The Morgan fingerprint density at radius 2 is 2.00 bits per heavy atom. The van der Waals surface area contributed by atoms with E-state index < -0.39 is 10.8 Å². The summed E-state index contributed by atoms with van der Waals surface area (Å²) in [5, 5.41) is 14.0. The molecule has 0 atom stereocenters. The van der Waals surface area contributed by atoms with Crippen molar-refractivity contribution in [2.24, 2.45) is 0 Å². The van der Waals surface area contributed by atoms with E-state index in [0.717, 1.165) is 5.56 Å². The monoisotopic (exact) mass is 316 g/mol. The molecule has 0 radical (unpaired) electrons. The van der Waals surface area contributed by atoms with Crippen LogP contribution in [0.1, 0.15) is 11.1 Å². The number of nitro groups is 1. The first kappa shape index (κ1) is 15.7. The fraction of sp³-hybridized carbons (Fsp3) is 0.0625. The van der Waals surface area contributed by atoms with Crippen molar-refractivity contribution in [3.05, 3.63) is 74.8 Å². The summed E-state index contributed by atoms with van der Waals surface area (Å²) in [6, 6.07) is 11.5. The minimum Gasteiger partial charge on any atom is -0.321 e. The van der Waals surface area contributed by atoms with Gasteiger partial charge in [0.05, 0.1) is 21.2 Å². The van der Waals surface area contributed by atoms with Crippen molar-refractivity contribution >= 4 is 35.0 Å². The zero-order valence-electron chi connectivity index (χ0n) is 11.7. The van der Waals surface area contributed by atoms with Gasteiger partial charge in [0.1, 0.15) is 0 Å². The van der Waals surface area contributed by atoms with Gasteiger partial charge in [-0.1, -0.05) is 29.8 Å². The molecule has 22 heavy (non-hydrogen) atoms. The van der Waals surface area contributed by atoms with Crippen LogP contribution in [0.25, 0.3) is 6.08 Å². The number of para-hydroxylation sites is 1. The van der Waals surface area contributed by atoms with Crippen LogP contribution in [0.15, 0.2) is 48.5 Å². The number of halogens is 1. The number of nitrogens with one attached hydrogen (secondary N) is 1. The van der Waals surface area contributed by atoms with Gasteiger partial charge in [0.2, 0.25) is 5.91 Å². The van der Waals surface area contributed by atoms with Crippen molar-refractivity contribution in [2.45, 2.75) is 6.92 Å². The summed E-state index contributed by atoms with van der Waals surface area (Å²) in [5.74, 6) is -0.413. The molecule has 0 saturated carbocycles. The number of amides is 1. The summed E-state index contributed by atoms with van der Waals surface area (Å²) in [7, 11) is 0. The predicted octanol–water partition coefficient (Wildman–Crippen LogP) is 4.21. The van der Waals surface area contributed by atoms with Crippen LogP contribution in [0.4, 0.5) is 11.4 Å². The number of aryl methyl sites for hydroxylation is 1. The number of nitrogens with zero attached hydrogens (tertiary/aromatic N) is 1. The molecule has 0 heterocycles. The van der Waals surface area contributed by atoms with Gasteiger partial charge < -0.3 is 5.32 Å². The minimum atomic E-state index is -0.492. The summed E-state index contributed by atoms with van der Waals surface area (Å²) in [6.07, 6.45) is 2.63. The Bertz CT molecular complexity index is 757. The Hall–Kier alpha value is -2.66. The molecule has 2 aromatic rings. The highest BCUT2D eigenvalue weighted by molar-refractivity contribution is 6.33. The third kappa shape index (κ3) is 3.93. The Labute approximate surface area is 132 Å². The third-order valence-corrected chi connectivity index (χ3v) is 3.24. The quantitative estimate of drug-likeness (QED) is 0.521. The van der Waals surface area contributed by atoms with E-state index in [0.29, 0.717) is 16.3 Å². The van der Waals surface area contributed by atoms with Crippen molar-refractivity contribution in [1.82, 2.24) is 0 Å². The van der Waals surface area contributed by atoms with Crippen LogP contribution in [0.3, 0.4) is 0 Å². The zero-order valence-corrected chi connectivity index (χ0v) is 12.5. The lowest BCUT2D eigenvalue weighted by Gasteiger charge is -2.05. The average Bonchev–Trinajstić information content (AvgIpc) is 2.48. The van der Waals surface area contributed by atoms with Crippen molar-refractivity contribution < 1.29 is 9.72 Å². The van der Waals surface area contributed by atoms with Gasteiger partial charge in [-0.25, -0.2) is 0 Å². The van der Waals surface area contributed by atoms with E-state index in [1.54, 1.807) is 30.3 Å². The van der Waals surface area contributed by atoms with Gasteiger partial charge in [0.25, 0.3) is 5.69 Å². The number of anilines is 1. The maximum absolute atomic E-state index is 11.9. The maximum Gasteiger partial charge on any atom is 0.276 e. The van der Waals surface area contributed by atoms with Gasteiger partial charge in [-0.3, -0.25) is 14.9 Å². The van der Waals surface area contributed by atoms with E-state index in [2.05, 4.69) is 5.32 Å². The molecule has 0 aliphatic heterocycles. The molecule has 2 rings (SSSR count). The van der Waals surface area contributed by atoms with E-state index in [1.807, 2.05) is 13.0 Å². The molecule has 0 bridgehead atoms. The van der Waals surface area contributed by atoms with Gasteiger partial charge in [-0.15, -0.1) is 0 Å². The van der Waals surface area contributed by atoms with Crippen molar-refractivity contribution in [2.75, 3.05) is 5.32 Å². The second-order valence-electron chi connectivity index (χ2n) is 4.62. The van der Waals surface area contributed by atoms with Crippen LogP contribution in [-0.2, 0) is 4.79 Å². The molecule has 0 unspecified atom stereocenters. The number of benzene rings is 2. The second kappa shape index (κ2) is 6.87. The number of nitro benzene ring substituents is 1. The molecule has 112 valence electrons. The lowest BCUT2D eigenvalue weighted by Crippen LogP contribution is -2.08. The van der Waals surface area contributed by atoms with Gasteiger partial charge in [0.15, 0.2) is 0 Å². The van der Waals surface area contributed by atoms with Gasteiger partial charge in [0, 0.05) is 12.1 Å². The van der Waals surface area contributed by atoms with Crippen LogP contribution >= 0.6 is 11.6 Å². The van der Waals surface area contributed by atoms with Gasteiger partial charge >= 0.3 is 0 Å². The highest BCUT2D eigenvalue weighted by Crippen LogP contribution is 2.23. The topological polar surface area (TPSA) is 72.2 Å². The van der Waals surface area contributed by atoms with Crippen molar-refractivity contribution in [1.29, 1.82) is 0 Å². The van der Waals surface area contributed by atoms with Crippen LogP contribution < -0.4 is 5.32 Å². The Morgan fingerprint density at radius 3 is 2.68 bits per heavy atom. The van der Waals surface area contributed by atoms with Crippen LogP contribution in [0, 0.1) is 17.0 Å². The van der Waals surface area contributed by atoms with E-state index in [-0.39, 0.29) is 5.69 Å². The molecule has 0 aliphatic carbocycles. The number of rotatable bonds is 4. The molecule has 0 fully saturated rings. The Balaban J connectivity index is 2.14. The molecular formula is C16H13ClN2O3. The number of carbonyl (C=O) groups is 1. The summed E-state index contributed by atoms with van der Waals surface area (Å²) >= 11 is 6.03. The van der Waals surface area contributed by atoms with Gasteiger partial charge in [-0.05, 0) is 36.8 Å². The normalized spacial score (nSPS) is 10.6. The van der Waals surface area contributed by atoms with Crippen LogP contribution in [-0.4, -0.2) is 10.8 Å². The predicted molar refractivity (Wildman–Crippen MR) is 86.9 cm³/mol. The summed E-state index contributed by atoms with van der Waals surface area (Å²) < 4.78 is 0. The molecule has 1 N–H and O–H groups in total. The first-order valence-corrected chi connectivity index (χ1v) is 6.84. The second-order valence-corrected chi connectivity index (χ2v) is 5.03. The highest BCUT2D eigenvalue weighted by Gasteiger charge is 2.10. The van der Waals surface area contributed by atoms with E-state index in [1.165, 1.54) is 18.2 Å². The van der Waals surface area contributed by atoms with Crippen molar-refractivity contribution in [3.8, 4) is 0 Å². The molecule has 0 saturated heterocycles. The SMILES string of the molecule is Cc1ccc(NC(=O)/C=C/c2ccccc2[N+](=O)[O-])c(Cl)c1. The summed E-state index contributed by atoms with van der Waals surface area (Å²) in [6.45, 7) is 1.89. The lowest BCUT2D eigenvalue weighted by atomic mass is 10.1. The number of hydrogen-bond donors (Lipinski definition) is 1. The Morgan fingerprint density at radius 1 is 1.27 bits per heavy atom. The van der Waals surface area contributed by atoms with Crippen LogP contribution in [0.2, 0.25) is 5.02 Å². The zero-order chi connectivity index (χ0) is 16.1. The highest BCUT2D eigenvalue weighted by atomic mass is 35.5. The van der Waals surface area contributed by atoms with E-state index in [4.69, 9.17) is 11.6 Å². The molecule has 0 spiro atoms. The molecule has 5 nitrogen and oxygen atoms in total. The Kier molecular flexibility index (Phi) is 4.91. The summed E-state index contributed by atoms with van der Waals surface area (Å²) in [5.41, 5.74) is 1.78. The lowest BCUT2D eigenvalue weighted by molar-refractivity contribution is -0.385. The molecular weight excluding hydrogens is 304 g/mol. The number of carbonyl (C=O) groups excluding carboxylic acids is 1. The van der Waals surface area contributed by atoms with Crippen LogP contribution in [0.5, 0.6) is 0 Å². The molecule has 2 aromatic carbocycles. The smallest absolute Gasteiger partial charge is 0.276 e. The summed E-state index contributed by atoms with van der Waals surface area (Å²) in [4.78, 5) is 22.3. The fourth-order valence-electron chi connectivity index (χ4n) is 1.86.